The van der Waals surface area contributed by atoms with Gasteiger partial charge in [0.05, 0.1) is 0 Å². The number of thioether (sulfide) groups is 1. The van der Waals surface area contributed by atoms with Gasteiger partial charge in [0.1, 0.15) is 0 Å². The number of hydrogen-bond acceptors (Lipinski definition) is 4. The van der Waals surface area contributed by atoms with Crippen LogP contribution >= 0.6 is 11.8 Å². The Balaban J connectivity index is 1.77. The van der Waals surface area contributed by atoms with Crippen LogP contribution in [-0.4, -0.2) is 14.9 Å². The summed E-state index contributed by atoms with van der Waals surface area (Å²) < 4.78 is 1.56. The molecule has 3 rings (SSSR count). The van der Waals surface area contributed by atoms with Gasteiger partial charge in [0.2, 0.25) is 5.16 Å². The normalized spacial score (nSPS) is 10.8. The van der Waals surface area contributed by atoms with Crippen molar-refractivity contribution in [3.63, 3.8) is 0 Å². The maximum Gasteiger partial charge on any atom is 0.210 e. The molecule has 22 heavy (non-hydrogen) atoms. The van der Waals surface area contributed by atoms with Crippen LogP contribution in [0, 0.1) is 13.8 Å². The summed E-state index contributed by atoms with van der Waals surface area (Å²) in [5.74, 6) is 7.66. The van der Waals surface area contributed by atoms with Crippen molar-refractivity contribution in [2.75, 3.05) is 5.84 Å². The topological polar surface area (TPSA) is 56.7 Å². The van der Waals surface area contributed by atoms with Crippen LogP contribution in [0.15, 0.2) is 53.7 Å². The lowest BCUT2D eigenvalue weighted by atomic mass is 10.1. The maximum atomic E-state index is 6.14. The molecule has 1 aromatic heterocycles. The van der Waals surface area contributed by atoms with Crippen LogP contribution in [0.5, 0.6) is 0 Å². The molecule has 0 saturated carbocycles. The second-order valence-electron chi connectivity index (χ2n) is 5.32. The number of aromatic nitrogens is 3. The molecule has 0 aliphatic carbocycles. The summed E-state index contributed by atoms with van der Waals surface area (Å²) in [4.78, 5) is 0. The molecule has 2 N–H and O–H groups in total. The van der Waals surface area contributed by atoms with Gasteiger partial charge in [-0.25, -0.2) is 4.68 Å². The summed E-state index contributed by atoms with van der Waals surface area (Å²) in [7, 11) is 0. The molecule has 0 atom stereocenters. The van der Waals surface area contributed by atoms with E-state index in [2.05, 4.69) is 47.5 Å². The van der Waals surface area contributed by atoms with Gasteiger partial charge in [0.25, 0.3) is 0 Å². The first-order valence-electron chi connectivity index (χ1n) is 7.09. The number of aryl methyl sites for hydroxylation is 2. The van der Waals surface area contributed by atoms with Crippen molar-refractivity contribution >= 4 is 11.8 Å². The Labute approximate surface area is 134 Å². The largest absolute Gasteiger partial charge is 0.335 e. The van der Waals surface area contributed by atoms with E-state index in [1.54, 1.807) is 16.4 Å². The van der Waals surface area contributed by atoms with Crippen LogP contribution in [0.25, 0.3) is 11.4 Å². The fraction of sp³-hybridized carbons (Fsp3) is 0.176. The molecule has 0 bridgehead atoms. The summed E-state index contributed by atoms with van der Waals surface area (Å²) in [6.45, 7) is 4.13. The van der Waals surface area contributed by atoms with Crippen LogP contribution in [0.2, 0.25) is 0 Å². The highest BCUT2D eigenvalue weighted by Crippen LogP contribution is 2.24. The molecule has 3 aromatic rings. The number of nitrogen functional groups attached to an aromatic ring is 1. The van der Waals surface area contributed by atoms with Crippen molar-refractivity contribution in [2.24, 2.45) is 0 Å². The fourth-order valence-electron chi connectivity index (χ4n) is 2.19. The van der Waals surface area contributed by atoms with Crippen molar-refractivity contribution in [2.45, 2.75) is 24.8 Å². The fourth-order valence-corrected chi connectivity index (χ4v) is 3.00. The SMILES string of the molecule is Cc1ccc(CSc2nnc(-c3cccc(C)c3)n2N)cc1. The van der Waals surface area contributed by atoms with E-state index in [0.29, 0.717) is 5.82 Å². The average Bonchev–Trinajstić information content (AvgIpc) is 2.88. The first-order valence-corrected chi connectivity index (χ1v) is 8.08. The minimum atomic E-state index is 0.690. The molecule has 0 spiro atoms. The molecular formula is C17H18N4S. The molecule has 1 heterocycles. The molecule has 0 radical (unpaired) electrons. The minimum Gasteiger partial charge on any atom is -0.335 e. The zero-order valence-electron chi connectivity index (χ0n) is 12.7. The van der Waals surface area contributed by atoms with Crippen molar-refractivity contribution in [3.05, 3.63) is 65.2 Å². The van der Waals surface area contributed by atoms with Crippen LogP contribution in [0.4, 0.5) is 0 Å². The lowest BCUT2D eigenvalue weighted by Gasteiger charge is -2.05. The highest BCUT2D eigenvalue weighted by atomic mass is 32.2. The van der Waals surface area contributed by atoms with Gasteiger partial charge in [-0.05, 0) is 25.5 Å². The predicted octanol–water partition coefficient (Wildman–Crippen LogP) is 3.57. The van der Waals surface area contributed by atoms with E-state index in [1.165, 1.54) is 16.7 Å². The molecule has 112 valence electrons. The maximum absolute atomic E-state index is 6.14. The van der Waals surface area contributed by atoms with Crippen molar-refractivity contribution < 1.29 is 0 Å². The Kier molecular flexibility index (Phi) is 4.15. The molecule has 4 nitrogen and oxygen atoms in total. The first kappa shape index (κ1) is 14.7. The van der Waals surface area contributed by atoms with Gasteiger partial charge in [-0.3, -0.25) is 0 Å². The van der Waals surface area contributed by atoms with Gasteiger partial charge in [-0.1, -0.05) is 65.4 Å². The Morgan fingerprint density at radius 1 is 1.00 bits per heavy atom. The standard InChI is InChI=1S/C17H18N4S/c1-12-6-8-14(9-7-12)11-22-17-20-19-16(21(17)18)15-5-3-4-13(2)10-15/h3-10H,11,18H2,1-2H3. The number of nitrogens with zero attached hydrogens (tertiary/aromatic N) is 3. The predicted molar refractivity (Wildman–Crippen MR) is 91.1 cm³/mol. The second kappa shape index (κ2) is 6.23. The molecular weight excluding hydrogens is 292 g/mol. The highest BCUT2D eigenvalue weighted by Gasteiger charge is 2.12. The highest BCUT2D eigenvalue weighted by molar-refractivity contribution is 7.98. The van der Waals surface area contributed by atoms with Gasteiger partial charge in [0.15, 0.2) is 5.82 Å². The summed E-state index contributed by atoms with van der Waals surface area (Å²) in [5.41, 5.74) is 4.67. The molecule has 5 heteroatoms. The second-order valence-corrected chi connectivity index (χ2v) is 6.26. The zero-order valence-corrected chi connectivity index (χ0v) is 13.5. The number of nitrogens with two attached hydrogens (primary N) is 1. The van der Waals surface area contributed by atoms with E-state index in [0.717, 1.165) is 16.5 Å². The lowest BCUT2D eigenvalue weighted by molar-refractivity contribution is 0.849. The van der Waals surface area contributed by atoms with Gasteiger partial charge < -0.3 is 5.84 Å². The molecule has 2 aromatic carbocycles. The number of rotatable bonds is 4. The van der Waals surface area contributed by atoms with E-state index in [-0.39, 0.29) is 0 Å². The molecule has 0 unspecified atom stereocenters. The van der Waals surface area contributed by atoms with Gasteiger partial charge >= 0.3 is 0 Å². The van der Waals surface area contributed by atoms with Crippen molar-refractivity contribution in [1.29, 1.82) is 0 Å². The quantitative estimate of drug-likeness (QED) is 0.591. The summed E-state index contributed by atoms with van der Waals surface area (Å²) in [6.07, 6.45) is 0. The smallest absolute Gasteiger partial charge is 0.210 e. The average molecular weight is 310 g/mol. The van der Waals surface area contributed by atoms with E-state index in [9.17, 15) is 0 Å². The lowest BCUT2D eigenvalue weighted by Crippen LogP contribution is -2.11. The van der Waals surface area contributed by atoms with Crippen molar-refractivity contribution in [3.8, 4) is 11.4 Å². The first-order chi connectivity index (χ1) is 10.6. The molecule has 0 aliphatic rings. The third kappa shape index (κ3) is 3.14. The van der Waals surface area contributed by atoms with E-state index in [1.807, 2.05) is 25.1 Å². The molecule has 0 aliphatic heterocycles. The van der Waals surface area contributed by atoms with Gasteiger partial charge in [0, 0.05) is 11.3 Å². The van der Waals surface area contributed by atoms with E-state index < -0.39 is 0 Å². The van der Waals surface area contributed by atoms with Gasteiger partial charge in [-0.15, -0.1) is 10.2 Å². The molecule has 0 amide bonds. The van der Waals surface area contributed by atoms with Crippen LogP contribution in [-0.2, 0) is 5.75 Å². The monoisotopic (exact) mass is 310 g/mol. The van der Waals surface area contributed by atoms with Crippen LogP contribution in [0.1, 0.15) is 16.7 Å². The summed E-state index contributed by atoms with van der Waals surface area (Å²) in [6, 6.07) is 16.6. The van der Waals surface area contributed by atoms with E-state index >= 15 is 0 Å². The Bertz CT molecular complexity index is 778. The van der Waals surface area contributed by atoms with Crippen molar-refractivity contribution in [1.82, 2.24) is 14.9 Å². The zero-order chi connectivity index (χ0) is 15.5. The molecule has 0 saturated heterocycles. The Hall–Kier alpha value is -2.27. The van der Waals surface area contributed by atoms with Gasteiger partial charge in [-0.2, -0.15) is 0 Å². The number of hydrogen-bond donors (Lipinski definition) is 1. The summed E-state index contributed by atoms with van der Waals surface area (Å²) >= 11 is 1.59. The van der Waals surface area contributed by atoms with E-state index in [4.69, 9.17) is 5.84 Å². The Morgan fingerprint density at radius 2 is 1.77 bits per heavy atom. The van der Waals surface area contributed by atoms with Crippen LogP contribution in [0.3, 0.4) is 0 Å². The number of benzene rings is 2. The third-order valence-electron chi connectivity index (χ3n) is 3.43. The third-order valence-corrected chi connectivity index (χ3v) is 4.44. The van der Waals surface area contributed by atoms with Crippen LogP contribution < -0.4 is 5.84 Å². The summed E-state index contributed by atoms with van der Waals surface area (Å²) in [5, 5.41) is 9.15. The Morgan fingerprint density at radius 3 is 2.50 bits per heavy atom. The molecule has 0 fully saturated rings. The minimum absolute atomic E-state index is 0.690.